The van der Waals surface area contributed by atoms with E-state index in [-0.39, 0.29) is 18.7 Å². The molecule has 1 aromatic carbocycles. The maximum absolute atomic E-state index is 12.9. The first-order valence-electron chi connectivity index (χ1n) is 8.31. The number of fused-ring (bicyclic) bond motifs is 1. The monoisotopic (exact) mass is 329 g/mol. The van der Waals surface area contributed by atoms with Gasteiger partial charge in [0.1, 0.15) is 11.4 Å². The summed E-state index contributed by atoms with van der Waals surface area (Å²) in [5.74, 6) is 0.592. The Labute approximate surface area is 141 Å². The van der Waals surface area contributed by atoms with Crippen LogP contribution in [0.5, 0.6) is 0 Å². The number of nitrogens with zero attached hydrogens (tertiary/aromatic N) is 2. The fraction of sp³-hybridized carbons (Fsp3) is 0.444. The highest BCUT2D eigenvalue weighted by Gasteiger charge is 2.31. The van der Waals surface area contributed by atoms with Crippen LogP contribution >= 0.6 is 0 Å². The van der Waals surface area contributed by atoms with E-state index in [9.17, 15) is 9.90 Å². The van der Waals surface area contributed by atoms with Crippen LogP contribution in [0.2, 0.25) is 0 Å². The van der Waals surface area contributed by atoms with Crippen LogP contribution in [0.15, 0.2) is 28.8 Å². The van der Waals surface area contributed by atoms with Crippen LogP contribution in [0.3, 0.4) is 0 Å². The molecule has 0 radical (unpaired) electrons. The lowest BCUT2D eigenvalue weighted by Gasteiger charge is -2.29. The van der Waals surface area contributed by atoms with Crippen LogP contribution in [0.4, 0.5) is 10.5 Å². The first-order chi connectivity index (χ1) is 11.6. The second-order valence-corrected chi connectivity index (χ2v) is 6.15. The molecule has 6 nitrogen and oxygen atoms in total. The summed E-state index contributed by atoms with van der Waals surface area (Å²) in [7, 11) is 0. The standard InChI is InChI=1S/C18H23N3O3/c1-12-17(13(2)24-20-12)19-18(23)21(10-5-11-22)16-9-8-14-6-3-4-7-15(14)16/h3-4,6-7,16,22H,5,8-11H2,1-2H3,(H,19,23)/t16-/m0/s1. The summed E-state index contributed by atoms with van der Waals surface area (Å²) in [5.41, 5.74) is 3.78. The maximum atomic E-state index is 12.9. The quantitative estimate of drug-likeness (QED) is 0.883. The van der Waals surface area contributed by atoms with Crippen LogP contribution in [0.1, 0.15) is 41.5 Å². The molecule has 1 heterocycles. The summed E-state index contributed by atoms with van der Waals surface area (Å²) in [6, 6.07) is 8.10. The summed E-state index contributed by atoms with van der Waals surface area (Å²) < 4.78 is 5.12. The van der Waals surface area contributed by atoms with Gasteiger partial charge in [-0.05, 0) is 44.2 Å². The molecule has 24 heavy (non-hydrogen) atoms. The largest absolute Gasteiger partial charge is 0.396 e. The van der Waals surface area contributed by atoms with Gasteiger partial charge in [-0.2, -0.15) is 0 Å². The van der Waals surface area contributed by atoms with Crippen molar-refractivity contribution in [1.82, 2.24) is 10.1 Å². The van der Waals surface area contributed by atoms with E-state index in [1.807, 2.05) is 17.0 Å². The van der Waals surface area contributed by atoms with Gasteiger partial charge in [0, 0.05) is 13.2 Å². The van der Waals surface area contributed by atoms with Gasteiger partial charge in [-0.25, -0.2) is 4.79 Å². The Morgan fingerprint density at radius 3 is 2.92 bits per heavy atom. The van der Waals surface area contributed by atoms with Crippen molar-refractivity contribution in [3.05, 3.63) is 46.8 Å². The Kier molecular flexibility index (Phi) is 4.85. The number of carbonyl (C=O) groups excluding carboxylic acids is 1. The fourth-order valence-corrected chi connectivity index (χ4v) is 3.34. The number of carbonyl (C=O) groups is 1. The number of hydrogen-bond acceptors (Lipinski definition) is 4. The van der Waals surface area contributed by atoms with Gasteiger partial charge < -0.3 is 19.8 Å². The van der Waals surface area contributed by atoms with Crippen molar-refractivity contribution in [3.63, 3.8) is 0 Å². The molecular formula is C18H23N3O3. The van der Waals surface area contributed by atoms with Crippen LogP contribution in [-0.2, 0) is 6.42 Å². The number of rotatable bonds is 5. The minimum atomic E-state index is -0.181. The van der Waals surface area contributed by atoms with Crippen molar-refractivity contribution < 1.29 is 14.4 Å². The van der Waals surface area contributed by atoms with Crippen LogP contribution in [-0.4, -0.2) is 34.3 Å². The topological polar surface area (TPSA) is 78.6 Å². The zero-order chi connectivity index (χ0) is 17.1. The van der Waals surface area contributed by atoms with Gasteiger partial charge in [-0.15, -0.1) is 0 Å². The van der Waals surface area contributed by atoms with Crippen molar-refractivity contribution in [1.29, 1.82) is 0 Å². The minimum absolute atomic E-state index is 0.0354. The second kappa shape index (κ2) is 7.05. The zero-order valence-electron chi connectivity index (χ0n) is 14.1. The number of aliphatic hydroxyl groups is 1. The summed E-state index contributed by atoms with van der Waals surface area (Å²) in [6.45, 7) is 4.14. The molecule has 6 heteroatoms. The molecule has 2 aromatic rings. The normalized spacial score (nSPS) is 16.0. The lowest BCUT2D eigenvalue weighted by Crippen LogP contribution is -2.38. The Hall–Kier alpha value is -2.34. The highest BCUT2D eigenvalue weighted by molar-refractivity contribution is 5.90. The first-order valence-corrected chi connectivity index (χ1v) is 8.31. The average molecular weight is 329 g/mol. The minimum Gasteiger partial charge on any atom is -0.396 e. The number of anilines is 1. The van der Waals surface area contributed by atoms with Crippen molar-refractivity contribution in [3.8, 4) is 0 Å². The molecule has 0 unspecified atom stereocenters. The summed E-state index contributed by atoms with van der Waals surface area (Å²) in [4.78, 5) is 14.7. The third-order valence-electron chi connectivity index (χ3n) is 4.56. The Bertz CT molecular complexity index is 707. The molecule has 2 amide bonds. The number of benzene rings is 1. The Morgan fingerprint density at radius 2 is 2.21 bits per heavy atom. The predicted molar refractivity (Wildman–Crippen MR) is 90.9 cm³/mol. The molecule has 0 saturated carbocycles. The van der Waals surface area contributed by atoms with E-state index in [4.69, 9.17) is 4.52 Å². The number of aliphatic hydroxyl groups excluding tert-OH is 1. The van der Waals surface area contributed by atoms with Gasteiger partial charge in [-0.3, -0.25) is 0 Å². The van der Waals surface area contributed by atoms with Crippen molar-refractivity contribution in [2.24, 2.45) is 0 Å². The molecule has 1 aliphatic rings. The van der Waals surface area contributed by atoms with Crippen molar-refractivity contribution >= 4 is 11.7 Å². The third-order valence-corrected chi connectivity index (χ3v) is 4.56. The van der Waals surface area contributed by atoms with Gasteiger partial charge >= 0.3 is 6.03 Å². The molecule has 0 spiro atoms. The number of aromatic nitrogens is 1. The molecular weight excluding hydrogens is 306 g/mol. The molecule has 128 valence electrons. The summed E-state index contributed by atoms with van der Waals surface area (Å²) in [5, 5.41) is 16.0. The van der Waals surface area contributed by atoms with E-state index in [0.717, 1.165) is 12.8 Å². The highest BCUT2D eigenvalue weighted by Crippen LogP contribution is 2.36. The number of amides is 2. The summed E-state index contributed by atoms with van der Waals surface area (Å²) in [6.07, 6.45) is 2.42. The number of urea groups is 1. The molecule has 1 atom stereocenters. The SMILES string of the molecule is Cc1noc(C)c1NC(=O)N(CCCO)[C@H]1CCc2ccccc21. The van der Waals surface area contributed by atoms with Crippen molar-refractivity contribution in [2.45, 2.75) is 39.2 Å². The molecule has 0 bridgehead atoms. The van der Waals surface area contributed by atoms with Crippen molar-refractivity contribution in [2.75, 3.05) is 18.5 Å². The first kappa shape index (κ1) is 16.5. The van der Waals surface area contributed by atoms with E-state index < -0.39 is 0 Å². The number of aryl methyl sites for hydroxylation is 3. The van der Waals surface area contributed by atoms with E-state index in [0.29, 0.717) is 30.1 Å². The molecule has 3 rings (SSSR count). The molecule has 2 N–H and O–H groups in total. The molecule has 0 aliphatic heterocycles. The molecule has 1 aliphatic carbocycles. The molecule has 1 aromatic heterocycles. The Balaban J connectivity index is 1.83. The second-order valence-electron chi connectivity index (χ2n) is 6.15. The van der Waals surface area contributed by atoms with E-state index in [1.54, 1.807) is 13.8 Å². The van der Waals surface area contributed by atoms with E-state index in [1.165, 1.54) is 11.1 Å². The van der Waals surface area contributed by atoms with Crippen LogP contribution in [0, 0.1) is 13.8 Å². The van der Waals surface area contributed by atoms with Gasteiger partial charge in [-0.1, -0.05) is 29.4 Å². The third kappa shape index (κ3) is 3.14. The van der Waals surface area contributed by atoms with Gasteiger partial charge in [0.15, 0.2) is 5.76 Å². The Morgan fingerprint density at radius 1 is 1.42 bits per heavy atom. The summed E-state index contributed by atoms with van der Waals surface area (Å²) >= 11 is 0. The molecule has 0 saturated heterocycles. The lowest BCUT2D eigenvalue weighted by atomic mass is 10.1. The predicted octanol–water partition coefficient (Wildman–Crippen LogP) is 3.20. The van der Waals surface area contributed by atoms with Gasteiger partial charge in [0.05, 0.1) is 6.04 Å². The number of hydrogen-bond donors (Lipinski definition) is 2. The smallest absolute Gasteiger partial charge is 0.322 e. The highest BCUT2D eigenvalue weighted by atomic mass is 16.5. The maximum Gasteiger partial charge on any atom is 0.322 e. The zero-order valence-corrected chi connectivity index (χ0v) is 14.1. The lowest BCUT2D eigenvalue weighted by molar-refractivity contribution is 0.177. The van der Waals surface area contributed by atoms with E-state index in [2.05, 4.69) is 22.6 Å². The van der Waals surface area contributed by atoms with Gasteiger partial charge in [0.25, 0.3) is 0 Å². The number of nitrogens with one attached hydrogen (secondary N) is 1. The van der Waals surface area contributed by atoms with Crippen LogP contribution in [0.25, 0.3) is 0 Å². The van der Waals surface area contributed by atoms with E-state index >= 15 is 0 Å². The van der Waals surface area contributed by atoms with Crippen LogP contribution < -0.4 is 5.32 Å². The fourth-order valence-electron chi connectivity index (χ4n) is 3.34. The molecule has 0 fully saturated rings. The van der Waals surface area contributed by atoms with Gasteiger partial charge in [0.2, 0.25) is 0 Å². The average Bonchev–Trinajstić information content (AvgIpc) is 3.14.